The van der Waals surface area contributed by atoms with Gasteiger partial charge in [-0.15, -0.1) is 0 Å². The van der Waals surface area contributed by atoms with Crippen molar-refractivity contribution in [2.75, 3.05) is 0 Å². The Kier molecular flexibility index (Phi) is 7.50. The monoisotopic (exact) mass is 254 g/mol. The molecule has 3 nitrogen and oxygen atoms in total. The fourth-order valence-corrected chi connectivity index (χ4v) is 11.1. The predicted octanol–water partition coefficient (Wildman–Crippen LogP) is 0.704. The van der Waals surface area contributed by atoms with E-state index in [0.717, 1.165) is 0 Å². The van der Waals surface area contributed by atoms with Crippen LogP contribution in [0.4, 0.5) is 0 Å². The third kappa shape index (κ3) is 9.06. The fourth-order valence-electron chi connectivity index (χ4n) is 1.10. The van der Waals surface area contributed by atoms with Gasteiger partial charge in [-0.2, -0.15) is 0 Å². The van der Waals surface area contributed by atoms with Gasteiger partial charge in [-0.3, -0.25) is 0 Å². The van der Waals surface area contributed by atoms with Crippen molar-refractivity contribution in [3.05, 3.63) is 0 Å². The van der Waals surface area contributed by atoms with Crippen LogP contribution in [0.5, 0.6) is 0 Å². The zero-order valence-corrected chi connectivity index (χ0v) is 14.2. The normalized spacial score (nSPS) is 16.6. The summed E-state index contributed by atoms with van der Waals surface area (Å²) in [7, 11) is -4.53. The van der Waals surface area contributed by atoms with E-state index in [2.05, 4.69) is 39.3 Å². The van der Waals surface area contributed by atoms with E-state index in [9.17, 15) is 0 Å². The Morgan fingerprint density at radius 3 is 1.08 bits per heavy atom. The molecule has 2 atom stereocenters. The van der Waals surface area contributed by atoms with E-state index in [1.165, 1.54) is 0 Å². The average Bonchev–Trinajstić information content (AvgIpc) is 1.80. The molecule has 0 saturated carbocycles. The van der Waals surface area contributed by atoms with Crippen LogP contribution in [0.25, 0.3) is 0 Å². The van der Waals surface area contributed by atoms with Crippen LogP contribution < -0.4 is 0 Å². The largest absolute Gasteiger partial charge is 0.442 e. The van der Waals surface area contributed by atoms with Gasteiger partial charge in [0.05, 0.1) is 0 Å². The van der Waals surface area contributed by atoms with Crippen LogP contribution in [0.15, 0.2) is 0 Å². The number of rotatable bonds is 6. The van der Waals surface area contributed by atoms with Crippen molar-refractivity contribution in [1.82, 2.24) is 0 Å². The molecule has 0 aliphatic rings. The summed E-state index contributed by atoms with van der Waals surface area (Å²) in [6.07, 6.45) is 0. The zero-order valence-electron chi connectivity index (χ0n) is 9.53. The minimum atomic E-state index is -1.36. The maximum Gasteiger partial charge on any atom is 0.298 e. The molecule has 0 heterocycles. The molecule has 13 heavy (non-hydrogen) atoms. The molecule has 2 unspecified atom stereocenters. The summed E-state index contributed by atoms with van der Waals surface area (Å²) in [5.74, 6) is 0. The molecule has 0 aromatic rings. The molecule has 0 N–H and O–H groups in total. The molecular formula is C6H22O3Si4. The molecule has 0 bridgehead atoms. The Labute approximate surface area is 88.6 Å². The van der Waals surface area contributed by atoms with Crippen molar-refractivity contribution in [3.8, 4) is 0 Å². The van der Waals surface area contributed by atoms with Crippen LogP contribution in [0.3, 0.4) is 0 Å². The van der Waals surface area contributed by atoms with Crippen LogP contribution in [-0.2, 0) is 12.3 Å². The second-order valence-corrected chi connectivity index (χ2v) is 13.4. The summed E-state index contributed by atoms with van der Waals surface area (Å²) in [6.45, 7) is 12.9. The molecule has 0 aromatic carbocycles. The topological polar surface area (TPSA) is 27.7 Å². The van der Waals surface area contributed by atoms with Crippen LogP contribution in [0.2, 0.25) is 39.3 Å². The number of hydrogen-bond donors (Lipinski definition) is 0. The van der Waals surface area contributed by atoms with Gasteiger partial charge in [0.1, 0.15) is 0 Å². The first-order valence-electron chi connectivity index (χ1n) is 4.88. The van der Waals surface area contributed by atoms with E-state index in [-0.39, 0.29) is 0 Å². The van der Waals surface area contributed by atoms with Crippen LogP contribution in [0.1, 0.15) is 0 Å². The molecule has 0 fully saturated rings. The van der Waals surface area contributed by atoms with E-state index in [1.54, 1.807) is 0 Å². The zero-order chi connectivity index (χ0) is 10.4. The highest BCUT2D eigenvalue weighted by Gasteiger charge is 2.15. The van der Waals surface area contributed by atoms with Crippen molar-refractivity contribution in [2.24, 2.45) is 0 Å². The van der Waals surface area contributed by atoms with Gasteiger partial charge >= 0.3 is 0 Å². The summed E-state index contributed by atoms with van der Waals surface area (Å²) in [6, 6.07) is 0. The van der Waals surface area contributed by atoms with Crippen molar-refractivity contribution in [1.29, 1.82) is 0 Å². The third-order valence-electron chi connectivity index (χ3n) is 1.31. The van der Waals surface area contributed by atoms with E-state index in [0.29, 0.717) is 0 Å². The third-order valence-corrected chi connectivity index (χ3v) is 11.8. The first-order valence-corrected chi connectivity index (χ1v) is 14.6. The molecular weight excluding hydrogens is 232 g/mol. The molecule has 0 aliphatic heterocycles. The predicted molar refractivity (Wildman–Crippen MR) is 67.0 cm³/mol. The highest BCUT2D eigenvalue weighted by molar-refractivity contribution is 6.68. The van der Waals surface area contributed by atoms with Gasteiger partial charge in [-0.05, 0) is 39.3 Å². The summed E-state index contributed by atoms with van der Waals surface area (Å²) in [5.41, 5.74) is 0. The molecule has 0 aliphatic carbocycles. The first kappa shape index (κ1) is 13.7. The van der Waals surface area contributed by atoms with Crippen molar-refractivity contribution >= 4 is 36.6 Å². The maximum atomic E-state index is 5.77. The minimum absolute atomic E-state index is 0.908. The lowest BCUT2D eigenvalue weighted by molar-refractivity contribution is 0.386. The lowest BCUT2D eigenvalue weighted by Gasteiger charge is -2.21. The second-order valence-electron chi connectivity index (χ2n) is 3.64. The Hall–Kier alpha value is 0.748. The average molecular weight is 255 g/mol. The van der Waals surface area contributed by atoms with E-state index in [4.69, 9.17) is 12.3 Å². The molecule has 0 aromatic heterocycles. The van der Waals surface area contributed by atoms with Gasteiger partial charge in [0.15, 0.2) is 18.1 Å². The molecule has 0 amide bonds. The number of hydrogen-bond acceptors (Lipinski definition) is 3. The molecule has 0 spiro atoms. The molecule has 0 saturated heterocycles. The Morgan fingerprint density at radius 1 is 0.538 bits per heavy atom. The van der Waals surface area contributed by atoms with Gasteiger partial charge < -0.3 is 12.3 Å². The van der Waals surface area contributed by atoms with Gasteiger partial charge in [-0.25, -0.2) is 0 Å². The van der Waals surface area contributed by atoms with Gasteiger partial charge in [-0.1, -0.05) is 0 Å². The summed E-state index contributed by atoms with van der Waals surface area (Å²) in [5, 5.41) is 0. The second kappa shape index (κ2) is 7.09. The van der Waals surface area contributed by atoms with Crippen LogP contribution >= 0.6 is 0 Å². The fraction of sp³-hybridized carbons (Fsp3) is 1.00. The van der Waals surface area contributed by atoms with Crippen LogP contribution in [0, 0.1) is 0 Å². The van der Waals surface area contributed by atoms with E-state index in [1.807, 2.05) is 0 Å². The molecule has 0 radical (unpaired) electrons. The lowest BCUT2D eigenvalue weighted by Crippen LogP contribution is -2.35. The van der Waals surface area contributed by atoms with Crippen molar-refractivity contribution in [2.45, 2.75) is 39.3 Å². The molecule has 80 valence electrons. The Balaban J connectivity index is 3.58. The van der Waals surface area contributed by atoms with Crippen LogP contribution in [-0.4, -0.2) is 36.6 Å². The smallest absolute Gasteiger partial charge is 0.298 e. The molecule has 0 rings (SSSR count). The lowest BCUT2D eigenvalue weighted by atomic mass is 11.9. The Bertz CT molecular complexity index is 119. The summed E-state index contributed by atoms with van der Waals surface area (Å²) >= 11 is 0. The highest BCUT2D eigenvalue weighted by atomic mass is 28.4. The summed E-state index contributed by atoms with van der Waals surface area (Å²) in [4.78, 5) is 0. The van der Waals surface area contributed by atoms with E-state index < -0.39 is 36.6 Å². The quantitative estimate of drug-likeness (QED) is 0.653. The SMILES string of the molecule is C[SiH](C)O[SiH](C)O[SiH](C)O[SiH](C)C. The summed E-state index contributed by atoms with van der Waals surface area (Å²) < 4.78 is 17.2. The standard InChI is InChI=1S/C6H22O3Si4/c1-10(2)7-12(5)9-13(6)8-11(3)4/h10-13H,1-6H3. The van der Waals surface area contributed by atoms with Gasteiger partial charge in [0.2, 0.25) is 0 Å². The van der Waals surface area contributed by atoms with Gasteiger partial charge in [0.25, 0.3) is 18.6 Å². The Morgan fingerprint density at radius 2 is 0.846 bits per heavy atom. The van der Waals surface area contributed by atoms with Crippen molar-refractivity contribution in [3.63, 3.8) is 0 Å². The minimum Gasteiger partial charge on any atom is -0.442 e. The highest BCUT2D eigenvalue weighted by Crippen LogP contribution is 1.99. The van der Waals surface area contributed by atoms with Gasteiger partial charge in [0, 0.05) is 0 Å². The first-order chi connectivity index (χ1) is 5.91. The molecule has 7 heteroatoms. The van der Waals surface area contributed by atoms with E-state index >= 15 is 0 Å². The maximum absolute atomic E-state index is 5.77. The van der Waals surface area contributed by atoms with Crippen molar-refractivity contribution < 1.29 is 12.3 Å².